The minimum Gasteiger partial charge on any atom is -0.393 e. The van der Waals surface area contributed by atoms with E-state index in [0.717, 1.165) is 12.8 Å². The highest BCUT2D eigenvalue weighted by atomic mass is 16.3. The number of aliphatic hydroxyl groups is 1. The molecule has 0 spiro atoms. The van der Waals surface area contributed by atoms with Gasteiger partial charge in [0.05, 0.1) is 6.10 Å². The van der Waals surface area contributed by atoms with Crippen LogP contribution >= 0.6 is 0 Å². The molecular weight excluding hydrogens is 90.1 g/mol. The van der Waals surface area contributed by atoms with Gasteiger partial charge in [0.1, 0.15) is 0 Å². The SMILES string of the molecule is N.OC1CCCC1. The van der Waals surface area contributed by atoms with E-state index in [4.69, 9.17) is 5.11 Å². The van der Waals surface area contributed by atoms with E-state index in [-0.39, 0.29) is 12.3 Å². The van der Waals surface area contributed by atoms with Crippen molar-refractivity contribution < 1.29 is 5.11 Å². The van der Waals surface area contributed by atoms with Crippen LogP contribution in [0.25, 0.3) is 0 Å². The van der Waals surface area contributed by atoms with Gasteiger partial charge in [-0.15, -0.1) is 0 Å². The van der Waals surface area contributed by atoms with Crippen molar-refractivity contribution in [1.29, 1.82) is 0 Å². The van der Waals surface area contributed by atoms with E-state index < -0.39 is 0 Å². The lowest BCUT2D eigenvalue weighted by atomic mass is 10.3. The van der Waals surface area contributed by atoms with Crippen molar-refractivity contribution in [1.82, 2.24) is 6.15 Å². The third-order valence-corrected chi connectivity index (χ3v) is 1.32. The Kier molecular flexibility index (Phi) is 2.96. The molecule has 0 aromatic carbocycles. The smallest absolute Gasteiger partial charge is 0.0540 e. The number of hydrogen-bond donors (Lipinski definition) is 2. The second-order valence-electron chi connectivity index (χ2n) is 1.94. The number of aliphatic hydroxyl groups excluding tert-OH is 1. The third-order valence-electron chi connectivity index (χ3n) is 1.32. The van der Waals surface area contributed by atoms with Crippen molar-refractivity contribution in [2.24, 2.45) is 0 Å². The van der Waals surface area contributed by atoms with Gasteiger partial charge in [0.2, 0.25) is 0 Å². The second-order valence-corrected chi connectivity index (χ2v) is 1.94. The topological polar surface area (TPSA) is 55.2 Å². The Balaban J connectivity index is 0.000000360. The van der Waals surface area contributed by atoms with Crippen LogP contribution in [0.1, 0.15) is 25.7 Å². The summed E-state index contributed by atoms with van der Waals surface area (Å²) in [6, 6.07) is 0. The molecule has 0 heterocycles. The van der Waals surface area contributed by atoms with Gasteiger partial charge in [0, 0.05) is 0 Å². The van der Waals surface area contributed by atoms with Gasteiger partial charge in [-0.25, -0.2) is 0 Å². The van der Waals surface area contributed by atoms with Gasteiger partial charge in [-0.3, -0.25) is 0 Å². The normalized spacial score (nSPS) is 21.9. The van der Waals surface area contributed by atoms with Gasteiger partial charge in [0.25, 0.3) is 0 Å². The minimum atomic E-state index is 0. The molecule has 0 amide bonds. The van der Waals surface area contributed by atoms with E-state index >= 15 is 0 Å². The van der Waals surface area contributed by atoms with Crippen molar-refractivity contribution in [2.75, 3.05) is 0 Å². The van der Waals surface area contributed by atoms with Gasteiger partial charge in [-0.2, -0.15) is 0 Å². The maximum absolute atomic E-state index is 8.73. The van der Waals surface area contributed by atoms with Crippen molar-refractivity contribution in [3.05, 3.63) is 0 Å². The van der Waals surface area contributed by atoms with Crippen LogP contribution in [-0.4, -0.2) is 11.2 Å². The summed E-state index contributed by atoms with van der Waals surface area (Å²) in [6.45, 7) is 0. The molecular formula is C5H13NO. The standard InChI is InChI=1S/C5H10O.H3N/c6-5-3-1-2-4-5;/h5-6H,1-4H2;1H3. The Morgan fingerprint density at radius 1 is 1.14 bits per heavy atom. The third kappa shape index (κ3) is 1.90. The highest BCUT2D eigenvalue weighted by Crippen LogP contribution is 2.16. The Morgan fingerprint density at radius 2 is 1.57 bits per heavy atom. The van der Waals surface area contributed by atoms with Gasteiger partial charge >= 0.3 is 0 Å². The predicted octanol–water partition coefficient (Wildman–Crippen LogP) is 1.08. The van der Waals surface area contributed by atoms with Crippen LogP contribution in [0.5, 0.6) is 0 Å². The minimum absolute atomic E-state index is 0. The zero-order valence-corrected chi connectivity index (χ0v) is 4.56. The van der Waals surface area contributed by atoms with Gasteiger partial charge < -0.3 is 11.3 Å². The largest absolute Gasteiger partial charge is 0.393 e. The van der Waals surface area contributed by atoms with E-state index in [0.29, 0.717) is 0 Å². The zero-order chi connectivity index (χ0) is 4.41. The number of rotatable bonds is 0. The van der Waals surface area contributed by atoms with E-state index in [1.165, 1.54) is 12.8 Å². The molecule has 7 heavy (non-hydrogen) atoms. The molecule has 1 aliphatic carbocycles. The molecule has 0 radical (unpaired) electrons. The first-order valence-corrected chi connectivity index (χ1v) is 2.57. The molecule has 1 saturated carbocycles. The Hall–Kier alpha value is -0.0800. The van der Waals surface area contributed by atoms with Crippen molar-refractivity contribution in [2.45, 2.75) is 31.8 Å². The van der Waals surface area contributed by atoms with Crippen LogP contribution in [0, 0.1) is 0 Å². The summed E-state index contributed by atoms with van der Waals surface area (Å²) in [5.41, 5.74) is 0. The Labute approximate surface area is 44.1 Å². The summed E-state index contributed by atoms with van der Waals surface area (Å²) in [5.74, 6) is 0. The quantitative estimate of drug-likeness (QED) is 0.482. The Morgan fingerprint density at radius 3 is 1.71 bits per heavy atom. The van der Waals surface area contributed by atoms with Gasteiger partial charge in [-0.05, 0) is 12.8 Å². The molecule has 0 unspecified atom stereocenters. The molecule has 1 aliphatic rings. The fourth-order valence-electron chi connectivity index (χ4n) is 0.904. The van der Waals surface area contributed by atoms with Crippen LogP contribution in [0.4, 0.5) is 0 Å². The van der Waals surface area contributed by atoms with Crippen molar-refractivity contribution in [3.8, 4) is 0 Å². The van der Waals surface area contributed by atoms with Crippen LogP contribution in [0.2, 0.25) is 0 Å². The molecule has 4 N–H and O–H groups in total. The molecule has 0 bridgehead atoms. The van der Waals surface area contributed by atoms with E-state index in [2.05, 4.69) is 0 Å². The van der Waals surface area contributed by atoms with E-state index in [1.807, 2.05) is 0 Å². The van der Waals surface area contributed by atoms with Crippen LogP contribution in [0.15, 0.2) is 0 Å². The van der Waals surface area contributed by atoms with Crippen molar-refractivity contribution in [3.63, 3.8) is 0 Å². The first-order valence-electron chi connectivity index (χ1n) is 2.57. The fraction of sp³-hybridized carbons (Fsp3) is 1.00. The summed E-state index contributed by atoms with van der Waals surface area (Å²) in [4.78, 5) is 0. The summed E-state index contributed by atoms with van der Waals surface area (Å²) < 4.78 is 0. The lowest BCUT2D eigenvalue weighted by Crippen LogP contribution is -1.94. The molecule has 0 aromatic rings. The summed E-state index contributed by atoms with van der Waals surface area (Å²) >= 11 is 0. The summed E-state index contributed by atoms with van der Waals surface area (Å²) in [5, 5.41) is 8.73. The molecule has 1 rings (SSSR count). The predicted molar refractivity (Wildman–Crippen MR) is 29.5 cm³/mol. The van der Waals surface area contributed by atoms with Crippen LogP contribution in [-0.2, 0) is 0 Å². The average molecular weight is 103 g/mol. The first kappa shape index (κ1) is 6.92. The van der Waals surface area contributed by atoms with Crippen molar-refractivity contribution >= 4 is 0 Å². The fourth-order valence-corrected chi connectivity index (χ4v) is 0.904. The highest BCUT2D eigenvalue weighted by Gasteiger charge is 2.09. The maximum atomic E-state index is 8.73. The molecule has 0 aliphatic heterocycles. The van der Waals surface area contributed by atoms with Gasteiger partial charge in [-0.1, -0.05) is 12.8 Å². The molecule has 1 fully saturated rings. The lowest BCUT2D eigenvalue weighted by molar-refractivity contribution is 0.183. The summed E-state index contributed by atoms with van der Waals surface area (Å²) in [6.07, 6.45) is 4.60. The summed E-state index contributed by atoms with van der Waals surface area (Å²) in [7, 11) is 0. The van der Waals surface area contributed by atoms with Gasteiger partial charge in [0.15, 0.2) is 0 Å². The second kappa shape index (κ2) is 2.99. The molecule has 0 saturated heterocycles. The van der Waals surface area contributed by atoms with E-state index in [9.17, 15) is 0 Å². The zero-order valence-electron chi connectivity index (χ0n) is 4.56. The molecule has 2 heteroatoms. The molecule has 0 aromatic heterocycles. The molecule has 0 atom stereocenters. The van der Waals surface area contributed by atoms with E-state index in [1.54, 1.807) is 0 Å². The number of hydrogen-bond acceptors (Lipinski definition) is 2. The lowest BCUT2D eigenvalue weighted by Gasteiger charge is -1.91. The first-order chi connectivity index (χ1) is 2.89. The van der Waals surface area contributed by atoms with Crippen LogP contribution < -0.4 is 6.15 Å². The molecule has 2 nitrogen and oxygen atoms in total. The highest BCUT2D eigenvalue weighted by molar-refractivity contribution is 4.63. The maximum Gasteiger partial charge on any atom is 0.0540 e. The van der Waals surface area contributed by atoms with Crippen LogP contribution in [0.3, 0.4) is 0 Å². The monoisotopic (exact) mass is 103 g/mol. The Bertz CT molecular complexity index is 41.3. The molecule has 44 valence electrons. The average Bonchev–Trinajstić information content (AvgIpc) is 1.86.